The summed E-state index contributed by atoms with van der Waals surface area (Å²) in [6.45, 7) is 4.76. The van der Waals surface area contributed by atoms with Gasteiger partial charge in [0.25, 0.3) is 5.56 Å². The second-order valence-electron chi connectivity index (χ2n) is 3.97. The van der Waals surface area contributed by atoms with Gasteiger partial charge in [-0.25, -0.2) is 13.5 Å². The van der Waals surface area contributed by atoms with Crippen LogP contribution >= 0.6 is 0 Å². The quantitative estimate of drug-likeness (QED) is 0.602. The molecule has 1 unspecified atom stereocenters. The summed E-state index contributed by atoms with van der Waals surface area (Å²) in [7, 11) is -3.50. The van der Waals surface area contributed by atoms with Gasteiger partial charge in [0, 0.05) is 12.6 Å². The van der Waals surface area contributed by atoms with Crippen LogP contribution in [0.4, 0.5) is 5.82 Å². The molecule has 0 aliphatic rings. The smallest absolute Gasteiger partial charge is 0.264 e. The lowest BCUT2D eigenvalue weighted by Crippen LogP contribution is -2.35. The molecule has 0 spiro atoms. The third-order valence-electron chi connectivity index (χ3n) is 2.31. The molecule has 1 aromatic heterocycles. The number of rotatable bonds is 7. The lowest BCUT2D eigenvalue weighted by molar-refractivity contribution is 0.575. The van der Waals surface area contributed by atoms with Gasteiger partial charge in [0.15, 0.2) is 5.82 Å². The number of aromatic nitrogens is 2. The Morgan fingerprint density at radius 2 is 2.17 bits per heavy atom. The minimum atomic E-state index is -3.50. The molecule has 0 aliphatic heterocycles. The van der Waals surface area contributed by atoms with Crippen LogP contribution in [-0.2, 0) is 10.0 Å². The van der Waals surface area contributed by atoms with Gasteiger partial charge in [-0.1, -0.05) is 6.92 Å². The lowest BCUT2D eigenvalue weighted by Gasteiger charge is -2.14. The Labute approximate surface area is 106 Å². The molecule has 0 saturated carbocycles. The standard InChI is InChI=1S/C10H18N4O3S/c1-3-6-11-7-8(2)18(16,17)14-9-4-5-10(15)13-12-9/h4-5,8,11H,3,6-7H2,1-2H3,(H,12,14)(H,13,15). The minimum Gasteiger partial charge on any atom is -0.315 e. The summed E-state index contributed by atoms with van der Waals surface area (Å²) in [5, 5.41) is 8.21. The van der Waals surface area contributed by atoms with E-state index in [1.165, 1.54) is 12.1 Å². The molecule has 0 radical (unpaired) electrons. The van der Waals surface area contributed by atoms with Crippen LogP contribution in [0.25, 0.3) is 0 Å². The monoisotopic (exact) mass is 274 g/mol. The molecule has 1 heterocycles. The molecule has 0 aromatic carbocycles. The fourth-order valence-electron chi connectivity index (χ4n) is 1.24. The van der Waals surface area contributed by atoms with Crippen molar-refractivity contribution in [1.82, 2.24) is 15.5 Å². The predicted octanol–water partition coefficient (Wildman–Crippen LogP) is -0.100. The van der Waals surface area contributed by atoms with Crippen LogP contribution in [0, 0.1) is 0 Å². The molecule has 0 saturated heterocycles. The summed E-state index contributed by atoms with van der Waals surface area (Å²) in [5.74, 6) is 0.108. The van der Waals surface area contributed by atoms with Gasteiger partial charge < -0.3 is 5.32 Å². The van der Waals surface area contributed by atoms with Crippen LogP contribution in [0.3, 0.4) is 0 Å². The van der Waals surface area contributed by atoms with Crippen LogP contribution in [-0.4, -0.2) is 37.0 Å². The van der Waals surface area contributed by atoms with Crippen LogP contribution in [0.15, 0.2) is 16.9 Å². The Bertz CT molecular complexity index is 506. The van der Waals surface area contributed by atoms with E-state index in [0.717, 1.165) is 13.0 Å². The van der Waals surface area contributed by atoms with Crippen LogP contribution < -0.4 is 15.6 Å². The topological polar surface area (TPSA) is 104 Å². The van der Waals surface area contributed by atoms with Crippen LogP contribution in [0.2, 0.25) is 0 Å². The summed E-state index contributed by atoms with van der Waals surface area (Å²) >= 11 is 0. The molecular weight excluding hydrogens is 256 g/mol. The maximum absolute atomic E-state index is 11.9. The molecule has 8 heteroatoms. The van der Waals surface area contributed by atoms with Crippen molar-refractivity contribution in [2.75, 3.05) is 17.8 Å². The Kier molecular flexibility index (Phi) is 5.29. The van der Waals surface area contributed by atoms with E-state index in [4.69, 9.17) is 0 Å². The first-order valence-corrected chi connectivity index (χ1v) is 7.28. The summed E-state index contributed by atoms with van der Waals surface area (Å²) in [4.78, 5) is 10.8. The van der Waals surface area contributed by atoms with Crippen molar-refractivity contribution in [3.63, 3.8) is 0 Å². The van der Waals surface area contributed by atoms with Crippen molar-refractivity contribution in [3.05, 3.63) is 22.5 Å². The fourth-order valence-corrected chi connectivity index (χ4v) is 2.18. The van der Waals surface area contributed by atoms with Gasteiger partial charge in [-0.2, -0.15) is 5.10 Å². The molecule has 1 atom stereocenters. The van der Waals surface area contributed by atoms with Crippen molar-refractivity contribution in [2.45, 2.75) is 25.5 Å². The molecule has 0 fully saturated rings. The third-order valence-corrected chi connectivity index (χ3v) is 4.03. The van der Waals surface area contributed by atoms with E-state index < -0.39 is 15.3 Å². The number of H-pyrrole nitrogens is 1. The first kappa shape index (κ1) is 14.7. The zero-order chi connectivity index (χ0) is 13.6. The Morgan fingerprint density at radius 3 is 2.72 bits per heavy atom. The van der Waals surface area contributed by atoms with Gasteiger partial charge in [-0.15, -0.1) is 0 Å². The maximum Gasteiger partial charge on any atom is 0.264 e. The van der Waals surface area contributed by atoms with Crippen molar-refractivity contribution < 1.29 is 8.42 Å². The first-order valence-electron chi connectivity index (χ1n) is 5.73. The second-order valence-corrected chi connectivity index (χ2v) is 6.07. The van der Waals surface area contributed by atoms with Crippen molar-refractivity contribution in [1.29, 1.82) is 0 Å². The SMILES string of the molecule is CCCNCC(C)S(=O)(=O)Nc1ccc(=O)[nH]n1. The van der Waals surface area contributed by atoms with Gasteiger partial charge in [0.05, 0.1) is 5.25 Å². The highest BCUT2D eigenvalue weighted by Gasteiger charge is 2.20. The second kappa shape index (κ2) is 6.50. The van der Waals surface area contributed by atoms with E-state index in [1.807, 2.05) is 6.92 Å². The zero-order valence-electron chi connectivity index (χ0n) is 10.4. The molecule has 18 heavy (non-hydrogen) atoms. The number of sulfonamides is 1. The molecule has 0 bridgehead atoms. The minimum absolute atomic E-state index is 0.108. The largest absolute Gasteiger partial charge is 0.315 e. The highest BCUT2D eigenvalue weighted by Crippen LogP contribution is 2.06. The fraction of sp³-hybridized carbons (Fsp3) is 0.600. The number of aromatic amines is 1. The molecule has 1 rings (SSSR count). The average molecular weight is 274 g/mol. The maximum atomic E-state index is 11.9. The lowest BCUT2D eigenvalue weighted by atomic mass is 10.4. The molecule has 1 aromatic rings. The van der Waals surface area contributed by atoms with E-state index in [0.29, 0.717) is 6.54 Å². The molecule has 102 valence electrons. The zero-order valence-corrected chi connectivity index (χ0v) is 11.3. The van der Waals surface area contributed by atoms with Crippen LogP contribution in [0.5, 0.6) is 0 Å². The summed E-state index contributed by atoms with van der Waals surface area (Å²) < 4.78 is 26.1. The van der Waals surface area contributed by atoms with Gasteiger partial charge in [-0.3, -0.25) is 9.52 Å². The number of hydrogen-bond acceptors (Lipinski definition) is 5. The van der Waals surface area contributed by atoms with E-state index in [2.05, 4.69) is 20.2 Å². The summed E-state index contributed by atoms with van der Waals surface area (Å²) in [5.41, 5.74) is -0.379. The molecule has 7 nitrogen and oxygen atoms in total. The summed E-state index contributed by atoms with van der Waals surface area (Å²) in [6, 6.07) is 2.54. The summed E-state index contributed by atoms with van der Waals surface area (Å²) in [6.07, 6.45) is 0.946. The Hall–Kier alpha value is -1.41. The highest BCUT2D eigenvalue weighted by molar-refractivity contribution is 7.93. The van der Waals surface area contributed by atoms with Gasteiger partial charge in [0.2, 0.25) is 10.0 Å². The third kappa shape index (κ3) is 4.46. The van der Waals surface area contributed by atoms with E-state index >= 15 is 0 Å². The number of hydrogen-bond donors (Lipinski definition) is 3. The van der Waals surface area contributed by atoms with Gasteiger partial charge in [-0.05, 0) is 26.0 Å². The van der Waals surface area contributed by atoms with Gasteiger partial charge >= 0.3 is 0 Å². The number of anilines is 1. The molecular formula is C10H18N4O3S. The number of nitrogens with zero attached hydrogens (tertiary/aromatic N) is 1. The molecule has 3 N–H and O–H groups in total. The molecule has 0 aliphatic carbocycles. The van der Waals surface area contributed by atoms with Crippen molar-refractivity contribution in [3.8, 4) is 0 Å². The molecule has 0 amide bonds. The number of nitrogens with one attached hydrogen (secondary N) is 3. The Morgan fingerprint density at radius 1 is 1.44 bits per heavy atom. The Balaban J connectivity index is 2.63. The predicted molar refractivity (Wildman–Crippen MR) is 70.0 cm³/mol. The van der Waals surface area contributed by atoms with E-state index in [1.54, 1.807) is 6.92 Å². The normalized spacial score (nSPS) is 13.2. The van der Waals surface area contributed by atoms with E-state index in [-0.39, 0.29) is 11.4 Å². The van der Waals surface area contributed by atoms with Crippen LogP contribution in [0.1, 0.15) is 20.3 Å². The van der Waals surface area contributed by atoms with Crippen molar-refractivity contribution in [2.24, 2.45) is 0 Å². The van der Waals surface area contributed by atoms with Gasteiger partial charge in [0.1, 0.15) is 0 Å². The first-order chi connectivity index (χ1) is 8.45. The van der Waals surface area contributed by atoms with E-state index in [9.17, 15) is 13.2 Å². The average Bonchev–Trinajstić information content (AvgIpc) is 2.32. The highest BCUT2D eigenvalue weighted by atomic mass is 32.2. The van der Waals surface area contributed by atoms with Crippen molar-refractivity contribution >= 4 is 15.8 Å².